The molecule has 2 aliphatic rings. The molecule has 2 fully saturated rings. The number of anilines is 1. The molecule has 7 heteroatoms. The van der Waals surface area contributed by atoms with Gasteiger partial charge in [0.2, 0.25) is 5.88 Å². The van der Waals surface area contributed by atoms with Gasteiger partial charge in [-0.15, -0.1) is 0 Å². The normalized spacial score (nSPS) is 18.4. The van der Waals surface area contributed by atoms with Crippen LogP contribution in [-0.2, 0) is 6.54 Å². The molecule has 146 valence electrons. The first-order valence-electron chi connectivity index (χ1n) is 10.1. The number of aromatic nitrogens is 4. The van der Waals surface area contributed by atoms with Crippen LogP contribution in [0.5, 0.6) is 5.88 Å². The molecule has 0 amide bonds. The lowest BCUT2D eigenvalue weighted by Gasteiger charge is -2.36. The molecule has 1 aromatic carbocycles. The average Bonchev–Trinajstić information content (AvgIpc) is 3.09. The van der Waals surface area contributed by atoms with Crippen LogP contribution in [0, 0.1) is 6.92 Å². The summed E-state index contributed by atoms with van der Waals surface area (Å²) < 4.78 is 6.10. The lowest BCUT2D eigenvalue weighted by atomic mass is 9.96. The lowest BCUT2D eigenvalue weighted by molar-refractivity contribution is 0.116. The van der Waals surface area contributed by atoms with E-state index < -0.39 is 0 Å². The molecule has 1 N–H and O–H groups in total. The fraction of sp³-hybridized carbons (Fsp3) is 0.476. The first-order chi connectivity index (χ1) is 13.7. The Balaban J connectivity index is 1.29. The number of aryl methyl sites for hydroxylation is 1. The number of hydrogen-bond donors (Lipinski definition) is 1. The Kier molecular flexibility index (Phi) is 4.60. The maximum Gasteiger partial charge on any atom is 0.224 e. The van der Waals surface area contributed by atoms with E-state index in [9.17, 15) is 0 Å². The van der Waals surface area contributed by atoms with Crippen molar-refractivity contribution in [3.63, 3.8) is 0 Å². The molecule has 0 unspecified atom stereocenters. The second-order valence-electron chi connectivity index (χ2n) is 7.86. The van der Waals surface area contributed by atoms with Crippen molar-refractivity contribution in [1.82, 2.24) is 25.1 Å². The molecule has 7 nitrogen and oxygen atoms in total. The van der Waals surface area contributed by atoms with Crippen molar-refractivity contribution in [3.8, 4) is 5.88 Å². The van der Waals surface area contributed by atoms with Gasteiger partial charge in [-0.2, -0.15) is 5.10 Å². The lowest BCUT2D eigenvalue weighted by Crippen LogP contribution is -2.46. The maximum absolute atomic E-state index is 6.10. The summed E-state index contributed by atoms with van der Waals surface area (Å²) in [6.07, 6.45) is 5.42. The van der Waals surface area contributed by atoms with E-state index in [-0.39, 0.29) is 0 Å². The Hall–Kier alpha value is -2.67. The van der Waals surface area contributed by atoms with Crippen LogP contribution in [0.15, 0.2) is 30.6 Å². The third kappa shape index (κ3) is 3.54. The topological polar surface area (TPSA) is 70.2 Å². The van der Waals surface area contributed by atoms with Crippen LogP contribution in [0.4, 0.5) is 5.69 Å². The minimum absolute atomic E-state index is 0.316. The molecule has 2 aromatic heterocycles. The maximum atomic E-state index is 6.10. The third-order valence-corrected chi connectivity index (χ3v) is 5.79. The minimum atomic E-state index is 0.316. The van der Waals surface area contributed by atoms with Crippen molar-refractivity contribution in [2.45, 2.75) is 38.8 Å². The van der Waals surface area contributed by atoms with Gasteiger partial charge in [0.15, 0.2) is 0 Å². The second-order valence-corrected chi connectivity index (χ2v) is 7.86. The van der Waals surface area contributed by atoms with Gasteiger partial charge in [0.05, 0.1) is 16.6 Å². The van der Waals surface area contributed by atoms with Gasteiger partial charge < -0.3 is 9.64 Å². The molecule has 28 heavy (non-hydrogen) atoms. The van der Waals surface area contributed by atoms with E-state index >= 15 is 0 Å². The largest absolute Gasteiger partial charge is 0.474 e. The number of aromatic amines is 1. The Bertz CT molecular complexity index is 958. The molecule has 3 heterocycles. The van der Waals surface area contributed by atoms with Gasteiger partial charge in [-0.25, -0.2) is 9.97 Å². The van der Waals surface area contributed by atoms with Crippen molar-refractivity contribution in [3.05, 3.63) is 42.0 Å². The highest BCUT2D eigenvalue weighted by molar-refractivity contribution is 5.86. The summed E-state index contributed by atoms with van der Waals surface area (Å²) in [5.74, 6) is 0.726. The highest BCUT2D eigenvalue weighted by atomic mass is 16.5. The van der Waals surface area contributed by atoms with Gasteiger partial charge >= 0.3 is 0 Å². The number of nitrogens with zero attached hydrogens (tertiary/aromatic N) is 5. The smallest absolute Gasteiger partial charge is 0.224 e. The number of hydrogen-bond acceptors (Lipinski definition) is 6. The summed E-state index contributed by atoms with van der Waals surface area (Å²) >= 11 is 0. The molecule has 0 radical (unpaired) electrons. The molecule has 3 aromatic rings. The van der Waals surface area contributed by atoms with Crippen molar-refractivity contribution in [2.24, 2.45) is 0 Å². The van der Waals surface area contributed by atoms with Gasteiger partial charge in [-0.1, -0.05) is 0 Å². The van der Waals surface area contributed by atoms with Crippen LogP contribution in [0.3, 0.4) is 0 Å². The number of benzene rings is 1. The molecule has 1 aliphatic heterocycles. The Morgan fingerprint density at radius 1 is 1.11 bits per heavy atom. The van der Waals surface area contributed by atoms with Crippen LogP contribution in [0.1, 0.15) is 30.7 Å². The first-order valence-corrected chi connectivity index (χ1v) is 10.1. The molecule has 0 spiro atoms. The standard InChI is InChI=1S/C21H26N6O/c1-15-11-16(25-24-15)13-26-7-9-27(10-8-26)17-5-6-20-19(12-17)21(23-14-22-20)28-18-3-2-4-18/h5-6,11-12,14,18H,2-4,7-10,13H2,1H3,(H,24,25). The minimum Gasteiger partial charge on any atom is -0.474 e. The average molecular weight is 378 g/mol. The number of piperazine rings is 1. The van der Waals surface area contributed by atoms with Crippen molar-refractivity contribution in [2.75, 3.05) is 31.1 Å². The zero-order valence-electron chi connectivity index (χ0n) is 16.3. The highest BCUT2D eigenvalue weighted by Crippen LogP contribution is 2.31. The van der Waals surface area contributed by atoms with Gasteiger partial charge in [-0.05, 0) is 50.5 Å². The van der Waals surface area contributed by atoms with Crippen LogP contribution in [0.2, 0.25) is 0 Å². The third-order valence-electron chi connectivity index (χ3n) is 5.79. The van der Waals surface area contributed by atoms with E-state index in [2.05, 4.69) is 54.2 Å². The van der Waals surface area contributed by atoms with Crippen LogP contribution < -0.4 is 9.64 Å². The summed E-state index contributed by atoms with van der Waals surface area (Å²) in [7, 11) is 0. The molecule has 0 atom stereocenters. The fourth-order valence-electron chi connectivity index (χ4n) is 3.91. The van der Waals surface area contributed by atoms with Crippen molar-refractivity contribution in [1.29, 1.82) is 0 Å². The zero-order valence-corrected chi connectivity index (χ0v) is 16.3. The number of ether oxygens (including phenoxy) is 1. The van der Waals surface area contributed by atoms with Gasteiger partial charge in [-0.3, -0.25) is 10.00 Å². The van der Waals surface area contributed by atoms with Gasteiger partial charge in [0, 0.05) is 44.1 Å². The monoisotopic (exact) mass is 378 g/mol. The Labute approximate surface area is 164 Å². The van der Waals surface area contributed by atoms with Gasteiger partial charge in [0.1, 0.15) is 12.4 Å². The van der Waals surface area contributed by atoms with E-state index in [1.807, 2.05) is 6.92 Å². The Morgan fingerprint density at radius 2 is 1.96 bits per heavy atom. The number of fused-ring (bicyclic) bond motifs is 1. The predicted octanol–water partition coefficient (Wildman–Crippen LogP) is 2.91. The van der Waals surface area contributed by atoms with E-state index in [0.29, 0.717) is 6.10 Å². The number of rotatable bonds is 5. The van der Waals surface area contributed by atoms with Crippen molar-refractivity contribution >= 4 is 16.6 Å². The van der Waals surface area contributed by atoms with Gasteiger partial charge in [0.25, 0.3) is 0 Å². The number of nitrogens with one attached hydrogen (secondary N) is 1. The predicted molar refractivity (Wildman–Crippen MR) is 109 cm³/mol. The highest BCUT2D eigenvalue weighted by Gasteiger charge is 2.22. The Morgan fingerprint density at radius 3 is 2.68 bits per heavy atom. The quantitative estimate of drug-likeness (QED) is 0.736. The zero-order chi connectivity index (χ0) is 18.9. The number of H-pyrrole nitrogens is 1. The molecule has 0 bridgehead atoms. The molecular formula is C21H26N6O. The summed E-state index contributed by atoms with van der Waals surface area (Å²) in [6, 6.07) is 8.56. The van der Waals surface area contributed by atoms with Crippen molar-refractivity contribution < 1.29 is 4.74 Å². The summed E-state index contributed by atoms with van der Waals surface area (Å²) in [6.45, 7) is 7.01. The van der Waals surface area contributed by atoms with Crippen LogP contribution in [0.25, 0.3) is 10.9 Å². The summed E-state index contributed by atoms with van der Waals surface area (Å²) in [5, 5.41) is 8.40. The molecule has 1 saturated heterocycles. The molecule has 1 aliphatic carbocycles. The van der Waals surface area contributed by atoms with Crippen LogP contribution in [-0.4, -0.2) is 57.3 Å². The van der Waals surface area contributed by atoms with E-state index in [1.165, 1.54) is 12.1 Å². The second kappa shape index (κ2) is 7.39. The molecular weight excluding hydrogens is 352 g/mol. The summed E-state index contributed by atoms with van der Waals surface area (Å²) in [5.41, 5.74) is 4.40. The van der Waals surface area contributed by atoms with Crippen LogP contribution >= 0.6 is 0 Å². The summed E-state index contributed by atoms with van der Waals surface area (Å²) in [4.78, 5) is 13.7. The van der Waals surface area contributed by atoms with E-state index in [1.54, 1.807) is 6.33 Å². The molecule has 5 rings (SSSR count). The fourth-order valence-corrected chi connectivity index (χ4v) is 3.91. The van der Waals surface area contributed by atoms with E-state index in [0.717, 1.165) is 73.7 Å². The first kappa shape index (κ1) is 17.4. The van der Waals surface area contributed by atoms with E-state index in [4.69, 9.17) is 4.74 Å². The SMILES string of the molecule is Cc1cc(CN2CCN(c3ccc4ncnc(OC5CCC5)c4c3)CC2)n[nH]1. The molecule has 1 saturated carbocycles.